The van der Waals surface area contributed by atoms with Crippen molar-refractivity contribution >= 4 is 29.9 Å². The minimum atomic E-state index is 0. The fraction of sp³-hybridized carbons (Fsp3) is 0.929. The van der Waals surface area contributed by atoms with E-state index in [2.05, 4.69) is 27.4 Å². The summed E-state index contributed by atoms with van der Waals surface area (Å²) in [6.45, 7) is 7.91. The maximum atomic E-state index is 4.48. The highest BCUT2D eigenvalue weighted by molar-refractivity contribution is 14.0. The van der Waals surface area contributed by atoms with E-state index in [9.17, 15) is 0 Å². The van der Waals surface area contributed by atoms with Gasteiger partial charge >= 0.3 is 0 Å². The lowest BCUT2D eigenvalue weighted by Crippen LogP contribution is -2.50. The highest BCUT2D eigenvalue weighted by Gasteiger charge is 2.21. The minimum Gasteiger partial charge on any atom is -0.356 e. The third kappa shape index (κ3) is 5.85. The molecular weight excluding hydrogens is 351 g/mol. The van der Waals surface area contributed by atoms with E-state index in [0.29, 0.717) is 6.04 Å². The molecule has 0 aromatic carbocycles. The monoisotopic (exact) mass is 380 g/mol. The number of hydrogen-bond donors (Lipinski definition) is 2. The number of aliphatic imine (C=N–C) groups is 1. The Labute approximate surface area is 134 Å². The molecule has 0 saturated carbocycles. The van der Waals surface area contributed by atoms with Crippen molar-refractivity contribution in [1.29, 1.82) is 0 Å². The summed E-state index contributed by atoms with van der Waals surface area (Å²) in [5.74, 6) is 1.02. The van der Waals surface area contributed by atoms with Gasteiger partial charge in [0.25, 0.3) is 0 Å². The topological polar surface area (TPSA) is 39.7 Å². The average molecular weight is 380 g/mol. The van der Waals surface area contributed by atoms with Crippen LogP contribution in [0.25, 0.3) is 0 Å². The van der Waals surface area contributed by atoms with Gasteiger partial charge < -0.3 is 10.6 Å². The van der Waals surface area contributed by atoms with Gasteiger partial charge in [-0.05, 0) is 38.8 Å². The largest absolute Gasteiger partial charge is 0.356 e. The lowest BCUT2D eigenvalue weighted by atomic mass is 10.0. The molecule has 1 saturated heterocycles. The van der Waals surface area contributed by atoms with Crippen molar-refractivity contribution in [3.63, 3.8) is 0 Å². The van der Waals surface area contributed by atoms with Crippen molar-refractivity contribution in [3.05, 3.63) is 0 Å². The summed E-state index contributed by atoms with van der Waals surface area (Å²) in [4.78, 5) is 7.15. The van der Waals surface area contributed by atoms with Crippen molar-refractivity contribution in [2.75, 3.05) is 32.7 Å². The van der Waals surface area contributed by atoms with Crippen LogP contribution < -0.4 is 10.6 Å². The normalized spacial score (nSPS) is 24.1. The number of nitrogens with one attached hydrogen (secondary N) is 2. The zero-order valence-corrected chi connectivity index (χ0v) is 14.5. The van der Waals surface area contributed by atoms with Crippen molar-refractivity contribution < 1.29 is 0 Å². The third-order valence-electron chi connectivity index (χ3n) is 3.95. The van der Waals surface area contributed by atoms with Gasteiger partial charge in [-0.3, -0.25) is 9.89 Å². The zero-order chi connectivity index (χ0) is 12.6. The van der Waals surface area contributed by atoms with Gasteiger partial charge in [-0.15, -0.1) is 24.0 Å². The number of likely N-dealkylation sites (tertiary alicyclic amines) is 1. The summed E-state index contributed by atoms with van der Waals surface area (Å²) in [7, 11) is 0. The Hall–Kier alpha value is -0.0400. The zero-order valence-electron chi connectivity index (χ0n) is 12.2. The molecule has 1 atom stereocenters. The molecule has 2 N–H and O–H groups in total. The van der Waals surface area contributed by atoms with Crippen molar-refractivity contribution in [2.45, 2.75) is 51.5 Å². The lowest BCUT2D eigenvalue weighted by molar-refractivity contribution is 0.147. The molecule has 0 aliphatic carbocycles. The second-order valence-corrected chi connectivity index (χ2v) is 5.43. The molecule has 1 fully saturated rings. The SMILES string of the molecule is CCCCN1CCCCC1CNC1=NCCCN1.I. The van der Waals surface area contributed by atoms with Gasteiger partial charge in [0.15, 0.2) is 5.96 Å². The summed E-state index contributed by atoms with van der Waals surface area (Å²) >= 11 is 0. The van der Waals surface area contributed by atoms with Gasteiger partial charge in [-0.25, -0.2) is 0 Å². The Morgan fingerprint density at radius 1 is 1.37 bits per heavy atom. The Morgan fingerprint density at radius 3 is 3.00 bits per heavy atom. The molecule has 5 heteroatoms. The number of guanidine groups is 1. The van der Waals surface area contributed by atoms with Crippen molar-refractivity contribution in [3.8, 4) is 0 Å². The number of unbranched alkanes of at least 4 members (excludes halogenated alkanes) is 1. The van der Waals surface area contributed by atoms with Crippen LogP contribution in [0.1, 0.15) is 45.4 Å². The highest BCUT2D eigenvalue weighted by atomic mass is 127. The molecule has 0 radical (unpaired) electrons. The van der Waals surface area contributed by atoms with E-state index in [1.165, 1.54) is 45.2 Å². The molecule has 2 heterocycles. The summed E-state index contributed by atoms with van der Waals surface area (Å²) < 4.78 is 0. The second kappa shape index (κ2) is 9.80. The quantitative estimate of drug-likeness (QED) is 0.719. The molecule has 4 nitrogen and oxygen atoms in total. The van der Waals surface area contributed by atoms with Gasteiger partial charge in [0.05, 0.1) is 0 Å². The maximum absolute atomic E-state index is 4.48. The van der Waals surface area contributed by atoms with Crippen LogP contribution in [0.15, 0.2) is 4.99 Å². The number of rotatable bonds is 5. The summed E-state index contributed by atoms with van der Waals surface area (Å²) in [6, 6.07) is 0.705. The number of nitrogens with zero attached hydrogens (tertiary/aromatic N) is 2. The first kappa shape index (κ1) is 17.0. The smallest absolute Gasteiger partial charge is 0.191 e. The van der Waals surface area contributed by atoms with Crippen LogP contribution in [0.2, 0.25) is 0 Å². The van der Waals surface area contributed by atoms with Crippen LogP contribution in [-0.4, -0.2) is 49.6 Å². The van der Waals surface area contributed by atoms with E-state index in [4.69, 9.17) is 0 Å². The molecule has 2 aliphatic heterocycles. The first-order valence-corrected chi connectivity index (χ1v) is 7.66. The predicted molar refractivity (Wildman–Crippen MR) is 92.5 cm³/mol. The molecule has 1 unspecified atom stereocenters. The highest BCUT2D eigenvalue weighted by Crippen LogP contribution is 2.16. The van der Waals surface area contributed by atoms with E-state index in [-0.39, 0.29) is 24.0 Å². The van der Waals surface area contributed by atoms with E-state index in [1.54, 1.807) is 0 Å². The van der Waals surface area contributed by atoms with Crippen molar-refractivity contribution in [1.82, 2.24) is 15.5 Å². The molecule has 0 spiro atoms. The molecule has 112 valence electrons. The van der Waals surface area contributed by atoms with Crippen LogP contribution in [0.3, 0.4) is 0 Å². The van der Waals surface area contributed by atoms with E-state index < -0.39 is 0 Å². The standard InChI is InChI=1S/C14H28N4.HI/c1-2-3-10-18-11-5-4-7-13(18)12-17-14-15-8-6-9-16-14;/h13H,2-12H2,1H3,(H2,15,16,17);1H. The number of hydrogen-bond acceptors (Lipinski definition) is 4. The van der Waals surface area contributed by atoms with Gasteiger partial charge in [0, 0.05) is 25.7 Å². The summed E-state index contributed by atoms with van der Waals surface area (Å²) in [5.41, 5.74) is 0. The Balaban J connectivity index is 0.00000180. The molecular formula is C14H29IN4. The van der Waals surface area contributed by atoms with Gasteiger partial charge in [0.2, 0.25) is 0 Å². The predicted octanol–water partition coefficient (Wildman–Crippen LogP) is 2.20. The molecule has 19 heavy (non-hydrogen) atoms. The summed E-state index contributed by atoms with van der Waals surface area (Å²) in [6.07, 6.45) is 7.89. The number of halogens is 1. The van der Waals surface area contributed by atoms with E-state index in [0.717, 1.165) is 32.0 Å². The van der Waals surface area contributed by atoms with Gasteiger partial charge in [-0.1, -0.05) is 19.8 Å². The van der Waals surface area contributed by atoms with Crippen LogP contribution in [0.5, 0.6) is 0 Å². The Bertz CT molecular complexity index is 270. The molecule has 0 amide bonds. The first-order valence-electron chi connectivity index (χ1n) is 7.66. The minimum absolute atomic E-state index is 0. The first-order chi connectivity index (χ1) is 8.90. The second-order valence-electron chi connectivity index (χ2n) is 5.43. The van der Waals surface area contributed by atoms with Gasteiger partial charge in [0.1, 0.15) is 0 Å². The van der Waals surface area contributed by atoms with Crippen molar-refractivity contribution in [2.24, 2.45) is 4.99 Å². The average Bonchev–Trinajstić information content (AvgIpc) is 2.45. The Kier molecular flexibility index (Phi) is 8.77. The molecule has 0 aromatic heterocycles. The maximum Gasteiger partial charge on any atom is 0.191 e. The molecule has 0 bridgehead atoms. The fourth-order valence-corrected chi connectivity index (χ4v) is 2.81. The molecule has 2 rings (SSSR count). The lowest BCUT2D eigenvalue weighted by Gasteiger charge is -2.36. The van der Waals surface area contributed by atoms with Crippen LogP contribution in [0, 0.1) is 0 Å². The van der Waals surface area contributed by atoms with Crippen LogP contribution in [0.4, 0.5) is 0 Å². The van der Waals surface area contributed by atoms with E-state index in [1.807, 2.05) is 0 Å². The van der Waals surface area contributed by atoms with Crippen LogP contribution in [-0.2, 0) is 0 Å². The fourth-order valence-electron chi connectivity index (χ4n) is 2.81. The Morgan fingerprint density at radius 2 is 2.26 bits per heavy atom. The van der Waals surface area contributed by atoms with Crippen LogP contribution >= 0.6 is 24.0 Å². The molecule has 2 aliphatic rings. The van der Waals surface area contributed by atoms with Gasteiger partial charge in [-0.2, -0.15) is 0 Å². The third-order valence-corrected chi connectivity index (χ3v) is 3.95. The summed E-state index contributed by atoms with van der Waals surface area (Å²) in [5, 5.41) is 6.83. The number of piperidine rings is 1. The molecule has 0 aromatic rings. The van der Waals surface area contributed by atoms with E-state index >= 15 is 0 Å².